The Morgan fingerprint density at radius 1 is 1.27 bits per heavy atom. The third kappa shape index (κ3) is 2.63. The summed E-state index contributed by atoms with van der Waals surface area (Å²) in [6.07, 6.45) is -4.62. The summed E-state index contributed by atoms with van der Waals surface area (Å²) in [6, 6.07) is 1.80. The molecule has 82 valence electrons. The van der Waals surface area contributed by atoms with Crippen LogP contribution in [0.2, 0.25) is 10.0 Å². The molecule has 0 N–H and O–H groups in total. The van der Waals surface area contributed by atoms with Crippen LogP contribution in [-0.2, 0) is 6.18 Å². The maximum atomic E-state index is 12.4. The molecule has 0 aromatic heterocycles. The van der Waals surface area contributed by atoms with Crippen molar-refractivity contribution in [3.63, 3.8) is 0 Å². The van der Waals surface area contributed by atoms with Crippen LogP contribution in [-0.4, -0.2) is 5.78 Å². The van der Waals surface area contributed by atoms with Crippen LogP contribution in [0.5, 0.6) is 0 Å². The molecule has 1 rings (SSSR count). The summed E-state index contributed by atoms with van der Waals surface area (Å²) >= 11 is 10.9. The van der Waals surface area contributed by atoms with Crippen molar-refractivity contribution in [2.75, 3.05) is 0 Å². The summed E-state index contributed by atoms with van der Waals surface area (Å²) in [6.45, 7) is 1.15. The Hall–Kier alpha value is -0.740. The Bertz CT molecular complexity index is 413. The second-order valence-corrected chi connectivity index (χ2v) is 3.66. The molecule has 0 unspecified atom stereocenters. The molecule has 15 heavy (non-hydrogen) atoms. The Morgan fingerprint density at radius 3 is 2.20 bits per heavy atom. The summed E-state index contributed by atoms with van der Waals surface area (Å²) in [7, 11) is 0. The predicted octanol–water partition coefficient (Wildman–Crippen LogP) is 4.21. The van der Waals surface area contributed by atoms with Gasteiger partial charge in [0.05, 0.1) is 15.6 Å². The van der Waals surface area contributed by atoms with Gasteiger partial charge in [-0.05, 0) is 19.1 Å². The number of hydrogen-bond acceptors (Lipinski definition) is 1. The topological polar surface area (TPSA) is 17.1 Å². The van der Waals surface area contributed by atoms with Crippen LogP contribution < -0.4 is 0 Å². The molecule has 0 radical (unpaired) electrons. The van der Waals surface area contributed by atoms with Gasteiger partial charge in [0.25, 0.3) is 0 Å². The molecule has 0 spiro atoms. The average Bonchev–Trinajstić information content (AvgIpc) is 2.06. The molecule has 0 aliphatic rings. The van der Waals surface area contributed by atoms with Crippen molar-refractivity contribution in [1.29, 1.82) is 0 Å². The zero-order valence-electron chi connectivity index (χ0n) is 7.45. The monoisotopic (exact) mass is 256 g/mol. The van der Waals surface area contributed by atoms with Crippen LogP contribution in [0.15, 0.2) is 12.1 Å². The molecule has 1 nitrogen and oxygen atoms in total. The van der Waals surface area contributed by atoms with Gasteiger partial charge in [0.15, 0.2) is 5.78 Å². The Labute approximate surface area is 93.8 Å². The molecule has 0 atom stereocenters. The number of hydrogen-bond donors (Lipinski definition) is 0. The van der Waals surface area contributed by atoms with E-state index < -0.39 is 22.5 Å². The minimum Gasteiger partial charge on any atom is -0.295 e. The summed E-state index contributed by atoms with van der Waals surface area (Å²) in [5.74, 6) is -0.501. The van der Waals surface area contributed by atoms with Crippen molar-refractivity contribution in [3.8, 4) is 0 Å². The summed E-state index contributed by atoms with van der Waals surface area (Å²) in [4.78, 5) is 10.9. The van der Waals surface area contributed by atoms with Crippen LogP contribution >= 0.6 is 23.2 Å². The van der Waals surface area contributed by atoms with E-state index in [-0.39, 0.29) is 10.6 Å². The van der Waals surface area contributed by atoms with Crippen LogP contribution in [0.3, 0.4) is 0 Å². The van der Waals surface area contributed by atoms with Gasteiger partial charge in [0.2, 0.25) is 0 Å². The molecular formula is C9H5Cl2F3O. The molecule has 6 heteroatoms. The van der Waals surface area contributed by atoms with Crippen LogP contribution in [0, 0.1) is 0 Å². The molecular weight excluding hydrogens is 252 g/mol. The SMILES string of the molecule is CC(=O)c1cc(Cl)c(Cl)c(C(F)(F)F)c1. The largest absolute Gasteiger partial charge is 0.417 e. The van der Waals surface area contributed by atoms with E-state index in [1.165, 1.54) is 0 Å². The molecule has 0 saturated carbocycles. The number of carbonyl (C=O) groups is 1. The highest BCUT2D eigenvalue weighted by atomic mass is 35.5. The number of Topliss-reactive ketones (excluding diaryl/α,β-unsaturated/α-hetero) is 1. The molecule has 0 fully saturated rings. The van der Waals surface area contributed by atoms with Gasteiger partial charge in [-0.15, -0.1) is 0 Å². The van der Waals surface area contributed by atoms with E-state index >= 15 is 0 Å². The molecule has 1 aromatic rings. The molecule has 0 bridgehead atoms. The van der Waals surface area contributed by atoms with E-state index in [0.29, 0.717) is 6.07 Å². The van der Waals surface area contributed by atoms with Gasteiger partial charge in [-0.25, -0.2) is 0 Å². The Balaban J connectivity index is 3.45. The fourth-order valence-electron chi connectivity index (χ4n) is 0.999. The average molecular weight is 257 g/mol. The fourth-order valence-corrected chi connectivity index (χ4v) is 1.43. The molecule has 0 heterocycles. The highest BCUT2D eigenvalue weighted by Gasteiger charge is 2.34. The highest BCUT2D eigenvalue weighted by molar-refractivity contribution is 6.42. The molecule has 1 aromatic carbocycles. The first kappa shape index (κ1) is 12.3. The van der Waals surface area contributed by atoms with Crippen molar-refractivity contribution >= 4 is 29.0 Å². The summed E-state index contributed by atoms with van der Waals surface area (Å²) in [5, 5.41) is -0.870. The van der Waals surface area contributed by atoms with E-state index in [0.717, 1.165) is 13.0 Å². The molecule has 0 aliphatic carbocycles. The summed E-state index contributed by atoms with van der Waals surface area (Å²) < 4.78 is 37.3. The van der Waals surface area contributed by atoms with Gasteiger partial charge in [0, 0.05) is 5.56 Å². The molecule has 0 aliphatic heterocycles. The maximum absolute atomic E-state index is 12.4. The molecule has 0 amide bonds. The van der Waals surface area contributed by atoms with Gasteiger partial charge in [-0.2, -0.15) is 13.2 Å². The van der Waals surface area contributed by atoms with Crippen molar-refractivity contribution in [2.45, 2.75) is 13.1 Å². The van der Waals surface area contributed by atoms with E-state index in [1.807, 2.05) is 0 Å². The maximum Gasteiger partial charge on any atom is 0.417 e. The van der Waals surface area contributed by atoms with Crippen LogP contribution in [0.1, 0.15) is 22.8 Å². The molecule has 0 saturated heterocycles. The van der Waals surface area contributed by atoms with Gasteiger partial charge < -0.3 is 0 Å². The van der Waals surface area contributed by atoms with Gasteiger partial charge >= 0.3 is 6.18 Å². The first-order valence-corrected chi connectivity index (χ1v) is 4.56. The fraction of sp³-hybridized carbons (Fsp3) is 0.222. The minimum absolute atomic E-state index is 0.114. The van der Waals surface area contributed by atoms with Crippen LogP contribution in [0.4, 0.5) is 13.2 Å². The third-order valence-corrected chi connectivity index (χ3v) is 2.54. The lowest BCUT2D eigenvalue weighted by molar-refractivity contribution is -0.137. The van der Waals surface area contributed by atoms with Crippen molar-refractivity contribution < 1.29 is 18.0 Å². The number of alkyl halides is 3. The van der Waals surface area contributed by atoms with Gasteiger partial charge in [0.1, 0.15) is 0 Å². The quantitative estimate of drug-likeness (QED) is 0.688. The lowest BCUT2D eigenvalue weighted by atomic mass is 10.1. The highest BCUT2D eigenvalue weighted by Crippen LogP contribution is 2.38. The van der Waals surface area contributed by atoms with Crippen molar-refractivity contribution in [2.24, 2.45) is 0 Å². The van der Waals surface area contributed by atoms with Crippen molar-refractivity contribution in [1.82, 2.24) is 0 Å². The minimum atomic E-state index is -4.62. The van der Waals surface area contributed by atoms with E-state index in [4.69, 9.17) is 23.2 Å². The third-order valence-electron chi connectivity index (χ3n) is 1.74. The first-order chi connectivity index (χ1) is 6.73. The predicted molar refractivity (Wildman–Crippen MR) is 51.5 cm³/mol. The lowest BCUT2D eigenvalue weighted by Crippen LogP contribution is -2.08. The van der Waals surface area contributed by atoms with Crippen LogP contribution in [0.25, 0.3) is 0 Å². The van der Waals surface area contributed by atoms with Crippen molar-refractivity contribution in [3.05, 3.63) is 33.3 Å². The Morgan fingerprint density at radius 2 is 1.80 bits per heavy atom. The van der Waals surface area contributed by atoms with Gasteiger partial charge in [-0.1, -0.05) is 23.2 Å². The first-order valence-electron chi connectivity index (χ1n) is 3.80. The number of benzene rings is 1. The summed E-state index contributed by atoms with van der Waals surface area (Å²) in [5.41, 5.74) is -1.21. The van der Waals surface area contributed by atoms with Gasteiger partial charge in [-0.3, -0.25) is 4.79 Å². The number of halogens is 5. The normalized spacial score (nSPS) is 11.6. The standard InChI is InChI=1S/C9H5Cl2F3O/c1-4(15)5-2-6(9(12,13)14)8(11)7(10)3-5/h2-3H,1H3. The smallest absolute Gasteiger partial charge is 0.295 e. The lowest BCUT2D eigenvalue weighted by Gasteiger charge is -2.11. The van der Waals surface area contributed by atoms with E-state index in [1.54, 1.807) is 0 Å². The van der Waals surface area contributed by atoms with E-state index in [2.05, 4.69) is 0 Å². The van der Waals surface area contributed by atoms with E-state index in [9.17, 15) is 18.0 Å². The number of rotatable bonds is 1. The number of ketones is 1. The second kappa shape index (κ2) is 4.02. The Kier molecular flexibility index (Phi) is 3.31. The number of carbonyl (C=O) groups excluding carboxylic acids is 1. The second-order valence-electron chi connectivity index (χ2n) is 2.87. The zero-order chi connectivity index (χ0) is 11.8. The zero-order valence-corrected chi connectivity index (χ0v) is 8.96.